The van der Waals surface area contributed by atoms with Crippen molar-refractivity contribution in [3.05, 3.63) is 59.1 Å². The molecule has 3 rings (SSSR count). The largest absolute Gasteiger partial charge is 0.349 e. The summed E-state index contributed by atoms with van der Waals surface area (Å²) in [5, 5.41) is 6.97. The summed E-state index contributed by atoms with van der Waals surface area (Å²) in [7, 11) is 0. The van der Waals surface area contributed by atoms with Crippen LogP contribution in [0.4, 0.5) is 0 Å². The maximum Gasteiger partial charge on any atom is 0.253 e. The molecule has 0 radical (unpaired) electrons. The van der Waals surface area contributed by atoms with Crippen molar-refractivity contribution in [2.45, 2.75) is 19.4 Å². The molecule has 4 heteroatoms. The molecule has 0 saturated carbocycles. The molecule has 120 valence electrons. The van der Waals surface area contributed by atoms with Crippen LogP contribution in [0.3, 0.4) is 0 Å². The Morgan fingerprint density at radius 1 is 1.17 bits per heavy atom. The van der Waals surface area contributed by atoms with Gasteiger partial charge in [0.15, 0.2) is 0 Å². The number of benzene rings is 2. The normalized spacial score (nSPS) is 21.0. The standard InChI is InChI=1S/C19H21ClN2O/c1-13-12-21-10-9-18(13)22-19(23)16-11-15(7-8-17(16)20)14-5-3-2-4-6-14/h2-8,11,13,18,21H,9-10,12H2,1H3,(H,22,23). The van der Waals surface area contributed by atoms with Gasteiger partial charge in [-0.1, -0.05) is 54.9 Å². The highest BCUT2D eigenvalue weighted by Crippen LogP contribution is 2.25. The van der Waals surface area contributed by atoms with Gasteiger partial charge < -0.3 is 10.6 Å². The summed E-state index contributed by atoms with van der Waals surface area (Å²) in [6.45, 7) is 4.02. The number of amides is 1. The van der Waals surface area contributed by atoms with Crippen LogP contribution in [0.15, 0.2) is 48.5 Å². The van der Waals surface area contributed by atoms with Crippen LogP contribution in [-0.4, -0.2) is 25.0 Å². The molecule has 1 heterocycles. The lowest BCUT2D eigenvalue weighted by Gasteiger charge is -2.30. The molecular formula is C19H21ClN2O. The molecule has 2 aromatic carbocycles. The first-order valence-corrected chi connectivity index (χ1v) is 8.39. The van der Waals surface area contributed by atoms with Gasteiger partial charge in [0.2, 0.25) is 0 Å². The van der Waals surface area contributed by atoms with Crippen molar-refractivity contribution in [3.63, 3.8) is 0 Å². The third-order valence-electron chi connectivity index (χ3n) is 4.42. The van der Waals surface area contributed by atoms with E-state index < -0.39 is 0 Å². The fourth-order valence-corrected chi connectivity index (χ4v) is 3.19. The summed E-state index contributed by atoms with van der Waals surface area (Å²) in [4.78, 5) is 12.6. The Kier molecular flexibility index (Phi) is 4.99. The molecule has 2 aromatic rings. The summed E-state index contributed by atoms with van der Waals surface area (Å²) >= 11 is 6.26. The molecule has 2 N–H and O–H groups in total. The lowest BCUT2D eigenvalue weighted by molar-refractivity contribution is 0.0914. The van der Waals surface area contributed by atoms with E-state index in [1.54, 1.807) is 6.07 Å². The monoisotopic (exact) mass is 328 g/mol. The molecule has 2 unspecified atom stereocenters. The van der Waals surface area contributed by atoms with Crippen LogP contribution in [0.25, 0.3) is 11.1 Å². The van der Waals surface area contributed by atoms with Crippen molar-refractivity contribution >= 4 is 17.5 Å². The van der Waals surface area contributed by atoms with Crippen molar-refractivity contribution in [1.82, 2.24) is 10.6 Å². The summed E-state index contributed by atoms with van der Waals surface area (Å²) in [6, 6.07) is 15.8. The first-order valence-electron chi connectivity index (χ1n) is 8.01. The van der Waals surface area contributed by atoms with Gasteiger partial charge in [0, 0.05) is 6.04 Å². The van der Waals surface area contributed by atoms with Crippen LogP contribution in [0.5, 0.6) is 0 Å². The van der Waals surface area contributed by atoms with E-state index in [0.717, 1.165) is 30.6 Å². The van der Waals surface area contributed by atoms with Gasteiger partial charge in [-0.05, 0) is 48.7 Å². The van der Waals surface area contributed by atoms with Gasteiger partial charge in [-0.2, -0.15) is 0 Å². The van der Waals surface area contributed by atoms with Crippen LogP contribution in [0.1, 0.15) is 23.7 Å². The fourth-order valence-electron chi connectivity index (χ4n) is 2.98. The number of carbonyl (C=O) groups is 1. The van der Waals surface area contributed by atoms with Crippen LogP contribution >= 0.6 is 11.6 Å². The Morgan fingerprint density at radius 3 is 2.70 bits per heavy atom. The Morgan fingerprint density at radius 2 is 1.96 bits per heavy atom. The quantitative estimate of drug-likeness (QED) is 0.901. The molecular weight excluding hydrogens is 308 g/mol. The van der Waals surface area contributed by atoms with E-state index in [-0.39, 0.29) is 11.9 Å². The van der Waals surface area contributed by atoms with Crippen molar-refractivity contribution in [2.24, 2.45) is 5.92 Å². The second kappa shape index (κ2) is 7.16. The Hall–Kier alpha value is -1.84. The third kappa shape index (κ3) is 3.74. The maximum atomic E-state index is 12.6. The SMILES string of the molecule is CC1CNCCC1NC(=O)c1cc(-c2ccccc2)ccc1Cl. The van der Waals surface area contributed by atoms with E-state index in [2.05, 4.69) is 17.6 Å². The molecule has 1 saturated heterocycles. The zero-order valence-corrected chi connectivity index (χ0v) is 13.9. The van der Waals surface area contributed by atoms with Gasteiger partial charge in [-0.15, -0.1) is 0 Å². The van der Waals surface area contributed by atoms with Crippen LogP contribution in [0, 0.1) is 5.92 Å². The number of piperidine rings is 1. The average Bonchev–Trinajstić information content (AvgIpc) is 2.58. The van der Waals surface area contributed by atoms with Gasteiger partial charge in [0.05, 0.1) is 10.6 Å². The molecule has 1 aliphatic rings. The highest BCUT2D eigenvalue weighted by atomic mass is 35.5. The smallest absolute Gasteiger partial charge is 0.253 e. The Labute approximate surface area is 142 Å². The lowest BCUT2D eigenvalue weighted by Crippen LogP contribution is -2.48. The second-order valence-corrected chi connectivity index (χ2v) is 6.52. The number of rotatable bonds is 3. The zero-order valence-electron chi connectivity index (χ0n) is 13.2. The van der Waals surface area contributed by atoms with Crippen LogP contribution in [0.2, 0.25) is 5.02 Å². The maximum absolute atomic E-state index is 12.6. The molecule has 1 amide bonds. The van der Waals surface area contributed by atoms with E-state index in [1.165, 1.54) is 0 Å². The fraction of sp³-hybridized carbons (Fsp3) is 0.316. The predicted octanol–water partition coefficient (Wildman–Crippen LogP) is 3.73. The molecule has 1 aliphatic heterocycles. The molecule has 0 spiro atoms. The van der Waals surface area contributed by atoms with Crippen LogP contribution < -0.4 is 10.6 Å². The molecule has 23 heavy (non-hydrogen) atoms. The average molecular weight is 329 g/mol. The number of halogens is 1. The Balaban J connectivity index is 1.82. The van der Waals surface area contributed by atoms with Gasteiger partial charge in [0.1, 0.15) is 0 Å². The summed E-state index contributed by atoms with van der Waals surface area (Å²) in [5.41, 5.74) is 2.62. The molecule has 3 nitrogen and oxygen atoms in total. The van der Waals surface area contributed by atoms with Gasteiger partial charge >= 0.3 is 0 Å². The number of hydrogen-bond donors (Lipinski definition) is 2. The van der Waals surface area contributed by atoms with Gasteiger partial charge in [-0.25, -0.2) is 0 Å². The Bertz CT molecular complexity index is 687. The topological polar surface area (TPSA) is 41.1 Å². The van der Waals surface area contributed by atoms with E-state index in [9.17, 15) is 4.79 Å². The molecule has 0 aromatic heterocycles. The summed E-state index contributed by atoms with van der Waals surface area (Å²) < 4.78 is 0. The summed E-state index contributed by atoms with van der Waals surface area (Å²) in [5.74, 6) is 0.329. The summed E-state index contributed by atoms with van der Waals surface area (Å²) in [6.07, 6.45) is 0.947. The lowest BCUT2D eigenvalue weighted by atomic mass is 9.94. The van der Waals surface area contributed by atoms with Crippen molar-refractivity contribution in [2.75, 3.05) is 13.1 Å². The first kappa shape index (κ1) is 16.0. The zero-order chi connectivity index (χ0) is 16.2. The minimum Gasteiger partial charge on any atom is -0.349 e. The van der Waals surface area contributed by atoms with E-state index in [4.69, 9.17) is 11.6 Å². The molecule has 1 fully saturated rings. The minimum atomic E-state index is -0.0912. The highest BCUT2D eigenvalue weighted by molar-refractivity contribution is 6.34. The van der Waals surface area contributed by atoms with Gasteiger partial charge in [-0.3, -0.25) is 4.79 Å². The van der Waals surface area contributed by atoms with E-state index in [1.807, 2.05) is 42.5 Å². The molecule has 2 atom stereocenters. The predicted molar refractivity (Wildman–Crippen MR) is 94.8 cm³/mol. The second-order valence-electron chi connectivity index (χ2n) is 6.11. The number of carbonyl (C=O) groups excluding carboxylic acids is 1. The minimum absolute atomic E-state index is 0.0912. The molecule has 0 aliphatic carbocycles. The number of nitrogens with one attached hydrogen (secondary N) is 2. The van der Waals surface area contributed by atoms with Crippen molar-refractivity contribution in [1.29, 1.82) is 0 Å². The van der Waals surface area contributed by atoms with Gasteiger partial charge in [0.25, 0.3) is 5.91 Å². The molecule has 0 bridgehead atoms. The third-order valence-corrected chi connectivity index (χ3v) is 4.75. The van der Waals surface area contributed by atoms with Crippen molar-refractivity contribution in [3.8, 4) is 11.1 Å². The van der Waals surface area contributed by atoms with E-state index >= 15 is 0 Å². The number of hydrogen-bond acceptors (Lipinski definition) is 2. The van der Waals surface area contributed by atoms with E-state index in [0.29, 0.717) is 16.5 Å². The highest BCUT2D eigenvalue weighted by Gasteiger charge is 2.24. The first-order chi connectivity index (χ1) is 11.1. The van der Waals surface area contributed by atoms with Crippen LogP contribution in [-0.2, 0) is 0 Å². The van der Waals surface area contributed by atoms with Crippen molar-refractivity contribution < 1.29 is 4.79 Å².